The molecule has 222 valence electrons. The van der Waals surface area contributed by atoms with Crippen LogP contribution in [0.25, 0.3) is 0 Å². The van der Waals surface area contributed by atoms with Crippen molar-refractivity contribution >= 4 is 35.0 Å². The maximum atomic E-state index is 14.2. The Labute approximate surface area is 251 Å². The second-order valence-corrected chi connectivity index (χ2v) is 12.4. The lowest BCUT2D eigenvalue weighted by molar-refractivity contribution is -0.141. The number of hydrogen-bond donors (Lipinski definition) is 2. The van der Waals surface area contributed by atoms with Crippen molar-refractivity contribution in [2.24, 2.45) is 17.8 Å². The lowest BCUT2D eigenvalue weighted by Gasteiger charge is -2.36. The van der Waals surface area contributed by atoms with Crippen LogP contribution in [0, 0.1) is 17.8 Å². The molecule has 7 atom stereocenters. The van der Waals surface area contributed by atoms with Crippen LogP contribution in [0.2, 0.25) is 5.02 Å². The first-order valence-electron chi connectivity index (χ1n) is 15.1. The Bertz CT molecular complexity index is 1360. The molecule has 2 aromatic carbocycles. The van der Waals surface area contributed by atoms with Gasteiger partial charge in [-0.25, -0.2) is 0 Å². The molecule has 0 radical (unpaired) electrons. The predicted octanol–water partition coefficient (Wildman–Crippen LogP) is 4.77. The summed E-state index contributed by atoms with van der Waals surface area (Å²) in [6.07, 6.45) is 7.88. The van der Waals surface area contributed by atoms with E-state index in [4.69, 9.17) is 21.1 Å². The van der Waals surface area contributed by atoms with Gasteiger partial charge in [0.25, 0.3) is 0 Å². The van der Waals surface area contributed by atoms with Crippen molar-refractivity contribution in [1.82, 2.24) is 10.2 Å². The molecule has 8 nitrogen and oxygen atoms in total. The standard InChI is InChI=1S/C33H38ClN3O5/c1-3-41-24-14-12-23(13-15-24)35-30(38)27-26-16-18-33(42-26)28(27)32(40)37(19-17-21-8-10-22(34)11-9-21)29(33)31(39)36-25-7-5-4-6-20(25)2/h8-16,18,20,25-29H,3-7,17,19H2,1-2H3,(H,35,38)(H,36,39)/t20-,25-,26-,27+,28-,29-,33-/m1/s1. The molecule has 6 rings (SSSR count). The number of likely N-dealkylation sites (tertiary alicyclic amines) is 1. The maximum absolute atomic E-state index is 14.2. The van der Waals surface area contributed by atoms with Crippen LogP contribution < -0.4 is 15.4 Å². The van der Waals surface area contributed by atoms with Gasteiger partial charge in [-0.2, -0.15) is 0 Å². The summed E-state index contributed by atoms with van der Waals surface area (Å²) in [5.74, 6) is -1.20. The van der Waals surface area contributed by atoms with Crippen LogP contribution in [-0.2, 0) is 25.5 Å². The molecule has 2 bridgehead atoms. The Balaban J connectivity index is 1.27. The molecule has 1 spiro atoms. The van der Waals surface area contributed by atoms with E-state index in [0.29, 0.717) is 41.9 Å². The summed E-state index contributed by atoms with van der Waals surface area (Å²) in [4.78, 5) is 43.7. The van der Waals surface area contributed by atoms with E-state index in [2.05, 4.69) is 17.6 Å². The van der Waals surface area contributed by atoms with Crippen molar-refractivity contribution in [2.45, 2.75) is 69.7 Å². The smallest absolute Gasteiger partial charge is 0.246 e. The van der Waals surface area contributed by atoms with Gasteiger partial charge >= 0.3 is 0 Å². The van der Waals surface area contributed by atoms with Crippen LogP contribution in [0.5, 0.6) is 5.75 Å². The molecule has 4 aliphatic rings. The number of rotatable bonds is 9. The third-order valence-electron chi connectivity index (χ3n) is 9.35. The second kappa shape index (κ2) is 11.7. The van der Waals surface area contributed by atoms with E-state index in [-0.39, 0.29) is 23.8 Å². The molecule has 9 heteroatoms. The number of hydrogen-bond acceptors (Lipinski definition) is 5. The topological polar surface area (TPSA) is 97.0 Å². The minimum Gasteiger partial charge on any atom is -0.494 e. The Morgan fingerprint density at radius 2 is 1.81 bits per heavy atom. The van der Waals surface area contributed by atoms with E-state index in [1.54, 1.807) is 29.2 Å². The first kappa shape index (κ1) is 28.7. The minimum absolute atomic E-state index is 0.0521. The van der Waals surface area contributed by atoms with Crippen LogP contribution in [-0.4, -0.2) is 59.6 Å². The summed E-state index contributed by atoms with van der Waals surface area (Å²) in [6.45, 7) is 4.96. The second-order valence-electron chi connectivity index (χ2n) is 11.9. The normalized spacial score (nSPS) is 31.2. The molecule has 3 amide bonds. The fraction of sp³-hybridized carbons (Fsp3) is 0.485. The number of amides is 3. The van der Waals surface area contributed by atoms with Crippen LogP contribution in [0.15, 0.2) is 60.7 Å². The molecular formula is C33H38ClN3O5. The van der Waals surface area contributed by atoms with Gasteiger partial charge in [-0.05, 0) is 74.1 Å². The molecule has 2 aromatic rings. The van der Waals surface area contributed by atoms with Crippen molar-refractivity contribution in [3.8, 4) is 5.75 Å². The quantitative estimate of drug-likeness (QED) is 0.410. The molecule has 2 saturated heterocycles. The maximum Gasteiger partial charge on any atom is 0.246 e. The fourth-order valence-electron chi connectivity index (χ4n) is 7.23. The summed E-state index contributed by atoms with van der Waals surface area (Å²) in [6, 6.07) is 13.8. The van der Waals surface area contributed by atoms with Gasteiger partial charge in [0, 0.05) is 23.3 Å². The van der Waals surface area contributed by atoms with Crippen LogP contribution in [0.4, 0.5) is 5.69 Å². The fourth-order valence-corrected chi connectivity index (χ4v) is 7.35. The Morgan fingerprint density at radius 1 is 1.07 bits per heavy atom. The SMILES string of the molecule is CCOc1ccc(NC(=O)[C@H]2[C@H]3C=C[C@@]4(O3)[C@H]2C(=O)N(CCc2ccc(Cl)cc2)[C@@H]4C(=O)N[C@@H]2CCCC[C@H]2C)cc1. The van der Waals surface area contributed by atoms with Crippen molar-refractivity contribution < 1.29 is 23.9 Å². The van der Waals surface area contributed by atoms with Gasteiger partial charge in [0.05, 0.1) is 24.5 Å². The van der Waals surface area contributed by atoms with Gasteiger partial charge in [0.2, 0.25) is 17.7 Å². The summed E-state index contributed by atoms with van der Waals surface area (Å²) >= 11 is 6.08. The lowest BCUT2D eigenvalue weighted by atomic mass is 9.74. The summed E-state index contributed by atoms with van der Waals surface area (Å²) in [7, 11) is 0. The zero-order valence-electron chi connectivity index (χ0n) is 24.1. The van der Waals surface area contributed by atoms with E-state index >= 15 is 0 Å². The minimum atomic E-state index is -1.19. The van der Waals surface area contributed by atoms with E-state index in [1.165, 1.54) is 0 Å². The number of halogens is 1. The average molecular weight is 592 g/mol. The molecule has 0 aromatic heterocycles. The highest BCUT2D eigenvalue weighted by molar-refractivity contribution is 6.30. The first-order valence-corrected chi connectivity index (χ1v) is 15.4. The predicted molar refractivity (Wildman–Crippen MR) is 160 cm³/mol. The third-order valence-corrected chi connectivity index (χ3v) is 9.60. The molecule has 3 aliphatic heterocycles. The number of nitrogens with zero attached hydrogens (tertiary/aromatic N) is 1. The number of benzene rings is 2. The van der Waals surface area contributed by atoms with E-state index in [1.807, 2.05) is 43.3 Å². The average Bonchev–Trinajstić information content (AvgIpc) is 3.62. The Morgan fingerprint density at radius 3 is 2.52 bits per heavy atom. The zero-order chi connectivity index (χ0) is 29.4. The summed E-state index contributed by atoms with van der Waals surface area (Å²) < 4.78 is 12.0. The molecule has 3 fully saturated rings. The highest BCUT2D eigenvalue weighted by Crippen LogP contribution is 2.55. The van der Waals surface area contributed by atoms with Crippen LogP contribution in [0.3, 0.4) is 0 Å². The van der Waals surface area contributed by atoms with Crippen LogP contribution in [0.1, 0.15) is 45.1 Å². The molecular weight excluding hydrogens is 554 g/mol. The molecule has 1 aliphatic carbocycles. The van der Waals surface area contributed by atoms with E-state index < -0.39 is 29.6 Å². The number of nitrogens with one attached hydrogen (secondary N) is 2. The van der Waals surface area contributed by atoms with Gasteiger partial charge in [-0.1, -0.05) is 55.7 Å². The van der Waals surface area contributed by atoms with Crippen molar-refractivity contribution in [1.29, 1.82) is 0 Å². The monoisotopic (exact) mass is 591 g/mol. The van der Waals surface area contributed by atoms with E-state index in [0.717, 1.165) is 31.2 Å². The lowest BCUT2D eigenvalue weighted by Crippen LogP contribution is -2.57. The third kappa shape index (κ3) is 5.20. The largest absolute Gasteiger partial charge is 0.494 e. The zero-order valence-corrected chi connectivity index (χ0v) is 24.8. The van der Waals surface area contributed by atoms with E-state index in [9.17, 15) is 14.4 Å². The van der Waals surface area contributed by atoms with Crippen LogP contribution >= 0.6 is 11.6 Å². The molecule has 1 saturated carbocycles. The van der Waals surface area contributed by atoms with Crippen molar-refractivity contribution in [3.05, 3.63) is 71.3 Å². The number of anilines is 1. The molecule has 2 N–H and O–H groups in total. The van der Waals surface area contributed by atoms with Gasteiger partial charge in [-0.3, -0.25) is 14.4 Å². The van der Waals surface area contributed by atoms with Gasteiger partial charge in [0.15, 0.2) is 0 Å². The highest BCUT2D eigenvalue weighted by atomic mass is 35.5. The Hall–Kier alpha value is -3.36. The van der Waals surface area contributed by atoms with Crippen molar-refractivity contribution in [2.75, 3.05) is 18.5 Å². The van der Waals surface area contributed by atoms with Gasteiger partial charge in [-0.15, -0.1) is 0 Å². The summed E-state index contributed by atoms with van der Waals surface area (Å²) in [5, 5.41) is 6.89. The van der Waals surface area contributed by atoms with Gasteiger partial charge in [0.1, 0.15) is 17.4 Å². The highest BCUT2D eigenvalue weighted by Gasteiger charge is 2.72. The first-order chi connectivity index (χ1) is 20.3. The summed E-state index contributed by atoms with van der Waals surface area (Å²) in [5.41, 5.74) is 0.423. The Kier molecular flexibility index (Phi) is 8.03. The van der Waals surface area contributed by atoms with Gasteiger partial charge < -0.3 is 25.0 Å². The number of ether oxygens (including phenoxy) is 2. The van der Waals surface area contributed by atoms with Crippen molar-refractivity contribution in [3.63, 3.8) is 0 Å². The molecule has 3 heterocycles. The molecule has 42 heavy (non-hydrogen) atoms. The number of fused-ring (bicyclic) bond motifs is 1. The molecule has 0 unspecified atom stereocenters. The number of carbonyl (C=O) groups is 3. The number of carbonyl (C=O) groups excluding carboxylic acids is 3.